The average Bonchev–Trinajstić information content (AvgIpc) is 2.44. The van der Waals surface area contributed by atoms with Gasteiger partial charge < -0.3 is 20.1 Å². The van der Waals surface area contributed by atoms with Crippen molar-refractivity contribution in [3.05, 3.63) is 24.3 Å². The molecule has 0 saturated heterocycles. The SMILES string of the molecule is COc1ccc(N(C)CCC(C)(CO)NC(C)C)cc1. The number of nitrogens with one attached hydrogen (secondary N) is 1. The van der Waals surface area contributed by atoms with Gasteiger partial charge in [-0.25, -0.2) is 0 Å². The van der Waals surface area contributed by atoms with Gasteiger partial charge in [0.15, 0.2) is 0 Å². The number of methoxy groups -OCH3 is 1. The molecule has 0 aliphatic rings. The average molecular weight is 280 g/mol. The van der Waals surface area contributed by atoms with Gasteiger partial charge in [-0.05, 0) is 37.6 Å². The van der Waals surface area contributed by atoms with Crippen LogP contribution in [0.25, 0.3) is 0 Å². The lowest BCUT2D eigenvalue weighted by Crippen LogP contribution is -2.50. The van der Waals surface area contributed by atoms with Crippen LogP contribution in [0.15, 0.2) is 24.3 Å². The Morgan fingerprint density at radius 3 is 2.35 bits per heavy atom. The van der Waals surface area contributed by atoms with E-state index in [0.29, 0.717) is 6.04 Å². The van der Waals surface area contributed by atoms with E-state index in [1.54, 1.807) is 7.11 Å². The van der Waals surface area contributed by atoms with Gasteiger partial charge in [0.05, 0.1) is 13.7 Å². The number of anilines is 1. The summed E-state index contributed by atoms with van der Waals surface area (Å²) < 4.78 is 5.16. The van der Waals surface area contributed by atoms with Crippen LogP contribution in [-0.2, 0) is 0 Å². The summed E-state index contributed by atoms with van der Waals surface area (Å²) in [6.07, 6.45) is 0.879. The van der Waals surface area contributed by atoms with Crippen molar-refractivity contribution >= 4 is 5.69 Å². The maximum Gasteiger partial charge on any atom is 0.119 e. The van der Waals surface area contributed by atoms with Crippen molar-refractivity contribution in [3.63, 3.8) is 0 Å². The smallest absolute Gasteiger partial charge is 0.119 e. The van der Waals surface area contributed by atoms with Gasteiger partial charge in [-0.1, -0.05) is 13.8 Å². The number of hydrogen-bond donors (Lipinski definition) is 2. The van der Waals surface area contributed by atoms with Crippen molar-refractivity contribution in [1.82, 2.24) is 5.32 Å². The van der Waals surface area contributed by atoms with Crippen LogP contribution in [0.1, 0.15) is 27.2 Å². The van der Waals surface area contributed by atoms with Crippen molar-refractivity contribution in [2.75, 3.05) is 32.2 Å². The molecule has 0 bridgehead atoms. The van der Waals surface area contributed by atoms with Gasteiger partial charge >= 0.3 is 0 Å². The van der Waals surface area contributed by atoms with E-state index in [-0.39, 0.29) is 12.1 Å². The molecule has 0 radical (unpaired) electrons. The Labute approximate surface area is 122 Å². The zero-order chi connectivity index (χ0) is 15.2. The Morgan fingerprint density at radius 1 is 1.30 bits per heavy atom. The summed E-state index contributed by atoms with van der Waals surface area (Å²) in [5.41, 5.74) is 0.908. The normalized spacial score (nSPS) is 14.2. The number of nitrogens with zero attached hydrogens (tertiary/aromatic N) is 1. The molecule has 1 unspecified atom stereocenters. The molecule has 0 fully saturated rings. The zero-order valence-corrected chi connectivity index (χ0v) is 13.3. The van der Waals surface area contributed by atoms with Crippen LogP contribution in [0, 0.1) is 0 Å². The van der Waals surface area contributed by atoms with Gasteiger partial charge in [-0.15, -0.1) is 0 Å². The summed E-state index contributed by atoms with van der Waals surface area (Å²) in [6, 6.07) is 8.38. The number of rotatable bonds is 8. The van der Waals surface area contributed by atoms with Gasteiger partial charge in [-0.3, -0.25) is 0 Å². The number of benzene rings is 1. The molecule has 1 aromatic rings. The molecule has 0 amide bonds. The first kappa shape index (κ1) is 16.8. The van der Waals surface area contributed by atoms with Crippen molar-refractivity contribution in [2.45, 2.75) is 38.8 Å². The lowest BCUT2D eigenvalue weighted by atomic mass is 9.97. The van der Waals surface area contributed by atoms with E-state index in [0.717, 1.165) is 24.4 Å². The molecule has 0 aromatic heterocycles. The lowest BCUT2D eigenvalue weighted by molar-refractivity contribution is 0.158. The Kier molecular flexibility index (Phi) is 6.30. The van der Waals surface area contributed by atoms with E-state index >= 15 is 0 Å². The molecular formula is C16H28N2O2. The van der Waals surface area contributed by atoms with Crippen molar-refractivity contribution in [2.24, 2.45) is 0 Å². The van der Waals surface area contributed by atoms with Crippen LogP contribution in [-0.4, -0.2) is 44.0 Å². The molecular weight excluding hydrogens is 252 g/mol. The van der Waals surface area contributed by atoms with Crippen LogP contribution in [0.3, 0.4) is 0 Å². The standard InChI is InChI=1S/C16H28N2O2/c1-13(2)17-16(3,12-19)10-11-18(4)14-6-8-15(20-5)9-7-14/h6-9,13,17,19H,10-12H2,1-5H3. The number of ether oxygens (including phenoxy) is 1. The van der Waals surface area contributed by atoms with E-state index in [1.807, 2.05) is 24.3 Å². The minimum Gasteiger partial charge on any atom is -0.497 e. The molecule has 0 aliphatic heterocycles. The summed E-state index contributed by atoms with van der Waals surface area (Å²) >= 11 is 0. The highest BCUT2D eigenvalue weighted by Gasteiger charge is 2.24. The summed E-state index contributed by atoms with van der Waals surface area (Å²) in [4.78, 5) is 2.19. The number of hydrogen-bond acceptors (Lipinski definition) is 4. The first-order valence-corrected chi connectivity index (χ1v) is 7.14. The van der Waals surface area contributed by atoms with Crippen molar-refractivity contribution in [3.8, 4) is 5.75 Å². The lowest BCUT2D eigenvalue weighted by Gasteiger charge is -2.33. The molecule has 0 heterocycles. The second kappa shape index (κ2) is 7.50. The van der Waals surface area contributed by atoms with Crippen molar-refractivity contribution < 1.29 is 9.84 Å². The summed E-state index contributed by atoms with van der Waals surface area (Å²) in [6.45, 7) is 7.28. The van der Waals surface area contributed by atoms with Crippen LogP contribution in [0.5, 0.6) is 5.75 Å². The molecule has 4 nitrogen and oxygen atoms in total. The minimum atomic E-state index is -0.241. The fraction of sp³-hybridized carbons (Fsp3) is 0.625. The third kappa shape index (κ3) is 5.02. The minimum absolute atomic E-state index is 0.141. The molecule has 1 atom stereocenters. The molecule has 1 aromatic carbocycles. The maximum atomic E-state index is 9.59. The fourth-order valence-corrected chi connectivity index (χ4v) is 2.27. The van der Waals surface area contributed by atoms with E-state index < -0.39 is 0 Å². The first-order chi connectivity index (χ1) is 9.40. The molecule has 20 heavy (non-hydrogen) atoms. The van der Waals surface area contributed by atoms with Gasteiger partial charge in [-0.2, -0.15) is 0 Å². The Morgan fingerprint density at radius 2 is 1.90 bits per heavy atom. The molecule has 4 heteroatoms. The predicted molar refractivity (Wildman–Crippen MR) is 84.6 cm³/mol. The van der Waals surface area contributed by atoms with Gasteiger partial charge in [0.1, 0.15) is 5.75 Å². The first-order valence-electron chi connectivity index (χ1n) is 7.14. The highest BCUT2D eigenvalue weighted by Crippen LogP contribution is 2.19. The zero-order valence-electron chi connectivity index (χ0n) is 13.3. The van der Waals surface area contributed by atoms with Gasteiger partial charge in [0, 0.05) is 30.9 Å². The molecule has 0 saturated carbocycles. The second-order valence-corrected chi connectivity index (χ2v) is 5.89. The van der Waals surface area contributed by atoms with Crippen molar-refractivity contribution in [1.29, 1.82) is 0 Å². The van der Waals surface area contributed by atoms with Crippen LogP contribution < -0.4 is 15.0 Å². The molecule has 0 aliphatic carbocycles. The molecule has 114 valence electrons. The summed E-state index contributed by atoms with van der Waals surface area (Å²) in [7, 11) is 3.73. The monoisotopic (exact) mass is 280 g/mol. The van der Waals surface area contributed by atoms with E-state index in [1.165, 1.54) is 0 Å². The van der Waals surface area contributed by atoms with E-state index in [2.05, 4.69) is 38.0 Å². The largest absolute Gasteiger partial charge is 0.497 e. The topological polar surface area (TPSA) is 44.7 Å². The molecule has 1 rings (SSSR count). The Bertz CT molecular complexity index is 392. The van der Waals surface area contributed by atoms with Crippen LogP contribution in [0.4, 0.5) is 5.69 Å². The quantitative estimate of drug-likeness (QED) is 0.767. The Balaban J connectivity index is 2.58. The fourth-order valence-electron chi connectivity index (χ4n) is 2.27. The second-order valence-electron chi connectivity index (χ2n) is 5.89. The third-order valence-electron chi connectivity index (χ3n) is 3.50. The van der Waals surface area contributed by atoms with E-state index in [4.69, 9.17) is 4.74 Å². The maximum absolute atomic E-state index is 9.59. The number of aliphatic hydroxyl groups excluding tert-OH is 1. The van der Waals surface area contributed by atoms with Gasteiger partial charge in [0.2, 0.25) is 0 Å². The number of aliphatic hydroxyl groups is 1. The van der Waals surface area contributed by atoms with Crippen LogP contribution in [0.2, 0.25) is 0 Å². The highest BCUT2D eigenvalue weighted by molar-refractivity contribution is 5.48. The molecule has 2 N–H and O–H groups in total. The Hall–Kier alpha value is -1.26. The predicted octanol–water partition coefficient (Wildman–Crippen LogP) is 2.27. The van der Waals surface area contributed by atoms with E-state index in [9.17, 15) is 5.11 Å². The summed E-state index contributed by atoms with van der Waals surface area (Å²) in [5, 5.41) is 13.0. The highest BCUT2D eigenvalue weighted by atomic mass is 16.5. The van der Waals surface area contributed by atoms with Crippen LogP contribution >= 0.6 is 0 Å². The summed E-state index contributed by atoms with van der Waals surface area (Å²) in [5.74, 6) is 0.865. The van der Waals surface area contributed by atoms with Gasteiger partial charge in [0.25, 0.3) is 0 Å². The third-order valence-corrected chi connectivity index (χ3v) is 3.50. The molecule has 0 spiro atoms.